The van der Waals surface area contributed by atoms with Crippen molar-refractivity contribution in [3.8, 4) is 5.75 Å². The molecule has 0 aliphatic rings. The van der Waals surface area contributed by atoms with Crippen LogP contribution in [0.15, 0.2) is 33.7 Å². The topological polar surface area (TPSA) is 21.3 Å². The van der Waals surface area contributed by atoms with Crippen LogP contribution < -0.4 is 10.1 Å². The SMILES string of the molecule is C=CCCNCc1cc(Br)cc(Br)c1OC. The van der Waals surface area contributed by atoms with Crippen LogP contribution in [0.4, 0.5) is 0 Å². The fourth-order valence-electron chi connectivity index (χ4n) is 1.40. The molecule has 0 bridgehead atoms. The van der Waals surface area contributed by atoms with Crippen LogP contribution in [0.5, 0.6) is 5.75 Å². The summed E-state index contributed by atoms with van der Waals surface area (Å²) in [6, 6.07) is 4.04. The van der Waals surface area contributed by atoms with E-state index >= 15 is 0 Å². The lowest BCUT2D eigenvalue weighted by Crippen LogP contribution is -2.14. The largest absolute Gasteiger partial charge is 0.495 e. The molecule has 16 heavy (non-hydrogen) atoms. The average Bonchev–Trinajstić information content (AvgIpc) is 2.24. The quantitative estimate of drug-likeness (QED) is 0.622. The lowest BCUT2D eigenvalue weighted by atomic mass is 10.2. The second-order valence-corrected chi connectivity index (χ2v) is 5.10. The summed E-state index contributed by atoms with van der Waals surface area (Å²) in [6.45, 7) is 5.40. The molecule has 0 fully saturated rings. The van der Waals surface area contributed by atoms with E-state index in [4.69, 9.17) is 4.74 Å². The van der Waals surface area contributed by atoms with Gasteiger partial charge in [-0.05, 0) is 41.0 Å². The summed E-state index contributed by atoms with van der Waals surface area (Å²) in [6.07, 6.45) is 2.87. The van der Waals surface area contributed by atoms with Crippen LogP contribution >= 0.6 is 31.9 Å². The maximum Gasteiger partial charge on any atom is 0.137 e. The summed E-state index contributed by atoms with van der Waals surface area (Å²) in [5.74, 6) is 0.884. The number of hydrogen-bond donors (Lipinski definition) is 1. The first-order valence-electron chi connectivity index (χ1n) is 5.02. The van der Waals surface area contributed by atoms with Crippen molar-refractivity contribution in [2.45, 2.75) is 13.0 Å². The third-order valence-electron chi connectivity index (χ3n) is 2.13. The molecule has 0 saturated carbocycles. The number of methoxy groups -OCH3 is 1. The second-order valence-electron chi connectivity index (χ2n) is 3.33. The van der Waals surface area contributed by atoms with Gasteiger partial charge in [0.05, 0.1) is 11.6 Å². The first kappa shape index (κ1) is 13.7. The van der Waals surface area contributed by atoms with Crippen LogP contribution in [-0.2, 0) is 6.54 Å². The highest BCUT2D eigenvalue weighted by Gasteiger charge is 2.08. The minimum atomic E-state index is 0.787. The fraction of sp³-hybridized carbons (Fsp3) is 0.333. The molecule has 0 aliphatic carbocycles. The zero-order valence-corrected chi connectivity index (χ0v) is 12.4. The van der Waals surface area contributed by atoms with E-state index in [1.807, 2.05) is 12.1 Å². The number of rotatable bonds is 6. The number of hydrogen-bond acceptors (Lipinski definition) is 2. The van der Waals surface area contributed by atoms with E-state index in [1.54, 1.807) is 7.11 Å². The summed E-state index contributed by atoms with van der Waals surface area (Å²) in [5.41, 5.74) is 1.13. The molecule has 0 radical (unpaired) electrons. The second kappa shape index (κ2) is 7.09. The van der Waals surface area contributed by atoms with Gasteiger partial charge in [0, 0.05) is 16.6 Å². The predicted molar refractivity (Wildman–Crippen MR) is 74.9 cm³/mol. The Labute approximate surface area is 113 Å². The van der Waals surface area contributed by atoms with Crippen molar-refractivity contribution < 1.29 is 4.74 Å². The van der Waals surface area contributed by atoms with Gasteiger partial charge in [-0.2, -0.15) is 0 Å². The van der Waals surface area contributed by atoms with Crippen LogP contribution in [0, 0.1) is 0 Å². The maximum absolute atomic E-state index is 5.36. The van der Waals surface area contributed by atoms with Crippen LogP contribution in [0.3, 0.4) is 0 Å². The number of nitrogens with one attached hydrogen (secondary N) is 1. The van der Waals surface area contributed by atoms with Gasteiger partial charge in [-0.1, -0.05) is 22.0 Å². The summed E-state index contributed by atoms with van der Waals surface area (Å²) in [7, 11) is 1.68. The van der Waals surface area contributed by atoms with E-state index in [-0.39, 0.29) is 0 Å². The van der Waals surface area contributed by atoms with E-state index in [1.165, 1.54) is 0 Å². The molecule has 0 heterocycles. The molecule has 0 unspecified atom stereocenters. The number of benzene rings is 1. The van der Waals surface area contributed by atoms with Gasteiger partial charge < -0.3 is 10.1 Å². The van der Waals surface area contributed by atoms with Gasteiger partial charge in [-0.3, -0.25) is 0 Å². The number of halogens is 2. The van der Waals surface area contributed by atoms with Gasteiger partial charge in [0.15, 0.2) is 0 Å². The van der Waals surface area contributed by atoms with Crippen molar-refractivity contribution >= 4 is 31.9 Å². The van der Waals surface area contributed by atoms with Crippen molar-refractivity contribution in [1.29, 1.82) is 0 Å². The Hall–Kier alpha value is -0.320. The van der Waals surface area contributed by atoms with Crippen molar-refractivity contribution in [3.05, 3.63) is 39.3 Å². The lowest BCUT2D eigenvalue weighted by molar-refractivity contribution is 0.405. The molecule has 1 rings (SSSR count). The Kier molecular flexibility index (Phi) is 6.09. The van der Waals surface area contributed by atoms with E-state index in [2.05, 4.69) is 49.8 Å². The van der Waals surface area contributed by atoms with Gasteiger partial charge in [0.2, 0.25) is 0 Å². The molecule has 4 heteroatoms. The monoisotopic (exact) mass is 347 g/mol. The Morgan fingerprint density at radius 3 is 2.81 bits per heavy atom. The molecule has 0 amide bonds. The molecule has 0 aliphatic heterocycles. The van der Waals surface area contributed by atoms with E-state index in [0.717, 1.165) is 39.8 Å². The Morgan fingerprint density at radius 1 is 1.44 bits per heavy atom. The minimum Gasteiger partial charge on any atom is -0.495 e. The zero-order chi connectivity index (χ0) is 12.0. The molecule has 0 atom stereocenters. The van der Waals surface area contributed by atoms with Gasteiger partial charge >= 0.3 is 0 Å². The van der Waals surface area contributed by atoms with Crippen LogP contribution in [0.1, 0.15) is 12.0 Å². The van der Waals surface area contributed by atoms with Gasteiger partial charge in [0.1, 0.15) is 5.75 Å². The predicted octanol–water partition coefficient (Wildman–Crippen LogP) is 3.89. The fourth-order valence-corrected chi connectivity index (χ4v) is 2.88. The maximum atomic E-state index is 5.36. The highest BCUT2D eigenvalue weighted by molar-refractivity contribution is 9.11. The molecule has 1 N–H and O–H groups in total. The zero-order valence-electron chi connectivity index (χ0n) is 9.22. The molecule has 88 valence electrons. The third kappa shape index (κ3) is 3.92. The van der Waals surface area contributed by atoms with Gasteiger partial charge in [-0.25, -0.2) is 0 Å². The minimum absolute atomic E-state index is 0.787. The number of ether oxygens (including phenoxy) is 1. The highest BCUT2D eigenvalue weighted by Crippen LogP contribution is 2.32. The first-order chi connectivity index (χ1) is 7.69. The van der Waals surface area contributed by atoms with Gasteiger partial charge in [0.25, 0.3) is 0 Å². The Morgan fingerprint density at radius 2 is 2.19 bits per heavy atom. The standard InChI is InChI=1S/C12H15Br2NO/c1-3-4-5-15-8-9-6-10(13)7-11(14)12(9)16-2/h3,6-7,15H,1,4-5,8H2,2H3. The Balaban J connectivity index is 2.73. The van der Waals surface area contributed by atoms with Crippen LogP contribution in [0.2, 0.25) is 0 Å². The summed E-state index contributed by atoms with van der Waals surface area (Å²) in [5, 5.41) is 3.34. The summed E-state index contributed by atoms with van der Waals surface area (Å²) in [4.78, 5) is 0. The van der Waals surface area contributed by atoms with E-state index in [0.29, 0.717) is 0 Å². The average molecular weight is 349 g/mol. The Bertz CT molecular complexity index is 366. The summed E-state index contributed by atoms with van der Waals surface area (Å²) >= 11 is 6.95. The molecule has 1 aromatic carbocycles. The first-order valence-corrected chi connectivity index (χ1v) is 6.61. The molecular weight excluding hydrogens is 334 g/mol. The smallest absolute Gasteiger partial charge is 0.137 e. The molecule has 2 nitrogen and oxygen atoms in total. The molecular formula is C12H15Br2NO. The lowest BCUT2D eigenvalue weighted by Gasteiger charge is -2.11. The molecule has 0 saturated heterocycles. The van der Waals surface area contributed by atoms with Gasteiger partial charge in [-0.15, -0.1) is 6.58 Å². The van der Waals surface area contributed by atoms with Crippen molar-refractivity contribution in [2.24, 2.45) is 0 Å². The van der Waals surface area contributed by atoms with Crippen LogP contribution in [-0.4, -0.2) is 13.7 Å². The van der Waals surface area contributed by atoms with E-state index < -0.39 is 0 Å². The van der Waals surface area contributed by atoms with Crippen molar-refractivity contribution in [2.75, 3.05) is 13.7 Å². The molecule has 0 spiro atoms. The van der Waals surface area contributed by atoms with E-state index in [9.17, 15) is 0 Å². The summed E-state index contributed by atoms with van der Waals surface area (Å²) < 4.78 is 7.37. The third-order valence-corrected chi connectivity index (χ3v) is 3.18. The van der Waals surface area contributed by atoms with Crippen molar-refractivity contribution in [3.63, 3.8) is 0 Å². The molecule has 0 aromatic heterocycles. The molecule has 1 aromatic rings. The highest BCUT2D eigenvalue weighted by atomic mass is 79.9. The van der Waals surface area contributed by atoms with Crippen molar-refractivity contribution in [1.82, 2.24) is 5.32 Å². The normalized spacial score (nSPS) is 10.2. The van der Waals surface area contributed by atoms with Crippen LogP contribution in [0.25, 0.3) is 0 Å².